The number of carbonyl (C=O) groups excluding carboxylic acids is 2. The van der Waals surface area contributed by atoms with Gasteiger partial charge < -0.3 is 10.1 Å². The average molecular weight is 411 g/mol. The second kappa shape index (κ2) is 8.14. The van der Waals surface area contributed by atoms with E-state index in [1.807, 2.05) is 18.2 Å². The van der Waals surface area contributed by atoms with Crippen LogP contribution in [0.25, 0.3) is 0 Å². The minimum Gasteiger partial charge on any atom is -0.475 e. The van der Waals surface area contributed by atoms with E-state index in [2.05, 4.69) is 27.4 Å². The number of hydrogen-bond acceptors (Lipinski definition) is 5. The molecule has 154 valence electrons. The zero-order valence-corrected chi connectivity index (χ0v) is 16.8. The van der Waals surface area contributed by atoms with Crippen molar-refractivity contribution in [2.24, 2.45) is 4.99 Å². The molecule has 0 spiro atoms. The van der Waals surface area contributed by atoms with Crippen LogP contribution in [0.4, 0.5) is 0 Å². The molecular formula is C25H21N3O3. The summed E-state index contributed by atoms with van der Waals surface area (Å²) in [7, 11) is 0. The highest BCUT2D eigenvalue weighted by molar-refractivity contribution is 6.09. The number of nitrogens with one attached hydrogen (secondary N) is 1. The van der Waals surface area contributed by atoms with E-state index in [-0.39, 0.29) is 24.3 Å². The molecule has 31 heavy (non-hydrogen) atoms. The van der Waals surface area contributed by atoms with E-state index >= 15 is 0 Å². The van der Waals surface area contributed by atoms with Crippen LogP contribution in [0.1, 0.15) is 39.4 Å². The lowest BCUT2D eigenvalue weighted by molar-refractivity contribution is -0.122. The molecule has 1 saturated carbocycles. The van der Waals surface area contributed by atoms with Crippen LogP contribution in [-0.4, -0.2) is 41.3 Å². The predicted molar refractivity (Wildman–Crippen MR) is 116 cm³/mol. The SMILES string of the molecule is O=C(c1ccc(C2=N[C@H](C(=O)N[C@H]3C[C@@H]3c3ccccc3)CO2)cc1)c1cccnc1. The lowest BCUT2D eigenvalue weighted by Crippen LogP contribution is -2.36. The van der Waals surface area contributed by atoms with Gasteiger partial charge >= 0.3 is 0 Å². The van der Waals surface area contributed by atoms with Crippen molar-refractivity contribution in [2.75, 3.05) is 6.61 Å². The first-order valence-corrected chi connectivity index (χ1v) is 10.3. The second-order valence-corrected chi connectivity index (χ2v) is 7.78. The monoisotopic (exact) mass is 411 g/mol. The van der Waals surface area contributed by atoms with Gasteiger partial charge in [-0.05, 0) is 36.2 Å². The standard InChI is InChI=1S/C25H21N3O3/c29-23(19-7-4-12-26-14-19)17-8-10-18(11-9-17)25-28-22(15-31-25)24(30)27-21-13-20(21)16-5-2-1-3-6-16/h1-12,14,20-22H,13,15H2,(H,27,30)/t20-,21+,22+/m1/s1. The van der Waals surface area contributed by atoms with Crippen molar-refractivity contribution in [1.82, 2.24) is 10.3 Å². The van der Waals surface area contributed by atoms with Crippen molar-refractivity contribution < 1.29 is 14.3 Å². The molecule has 3 aromatic rings. The summed E-state index contributed by atoms with van der Waals surface area (Å²) < 4.78 is 5.67. The van der Waals surface area contributed by atoms with E-state index < -0.39 is 6.04 Å². The lowest BCUT2D eigenvalue weighted by Gasteiger charge is -2.07. The number of benzene rings is 2. The van der Waals surface area contributed by atoms with Gasteiger partial charge in [-0.3, -0.25) is 14.6 Å². The molecule has 2 aromatic carbocycles. The van der Waals surface area contributed by atoms with Crippen LogP contribution in [0, 0.1) is 0 Å². The zero-order valence-electron chi connectivity index (χ0n) is 16.8. The Morgan fingerprint density at radius 2 is 1.74 bits per heavy atom. The van der Waals surface area contributed by atoms with Gasteiger partial charge in [0.05, 0.1) is 0 Å². The maximum Gasteiger partial charge on any atom is 0.248 e. The minimum absolute atomic E-state index is 0.0939. The molecule has 6 nitrogen and oxygen atoms in total. The van der Waals surface area contributed by atoms with Gasteiger partial charge in [0, 0.05) is 41.0 Å². The predicted octanol–water partition coefficient (Wildman–Crippen LogP) is 3.13. The molecule has 0 radical (unpaired) electrons. The minimum atomic E-state index is -0.552. The van der Waals surface area contributed by atoms with Crippen molar-refractivity contribution in [3.8, 4) is 0 Å². The summed E-state index contributed by atoms with van der Waals surface area (Å²) in [6, 6.07) is 20.3. The number of aromatic nitrogens is 1. The molecule has 6 heteroatoms. The highest BCUT2D eigenvalue weighted by Gasteiger charge is 2.41. The third kappa shape index (κ3) is 4.10. The molecule has 1 N–H and O–H groups in total. The quantitative estimate of drug-likeness (QED) is 0.632. The molecule has 0 bridgehead atoms. The van der Waals surface area contributed by atoms with Gasteiger partial charge in [0.2, 0.25) is 11.8 Å². The molecule has 1 aliphatic heterocycles. The highest BCUT2D eigenvalue weighted by atomic mass is 16.5. The number of nitrogens with zero attached hydrogens (tertiary/aromatic N) is 2. The first kappa shape index (κ1) is 19.2. The zero-order chi connectivity index (χ0) is 21.2. The Balaban J connectivity index is 1.21. The fraction of sp³-hybridized carbons (Fsp3) is 0.200. The Hall–Kier alpha value is -3.80. The van der Waals surface area contributed by atoms with E-state index in [1.165, 1.54) is 5.56 Å². The van der Waals surface area contributed by atoms with Crippen molar-refractivity contribution in [3.63, 3.8) is 0 Å². The molecule has 0 saturated heterocycles. The number of carbonyl (C=O) groups is 2. The van der Waals surface area contributed by atoms with E-state index in [4.69, 9.17) is 4.74 Å². The Morgan fingerprint density at radius 1 is 0.935 bits per heavy atom. The highest BCUT2D eigenvalue weighted by Crippen LogP contribution is 2.40. The number of ketones is 1. The summed E-state index contributed by atoms with van der Waals surface area (Å²) in [4.78, 5) is 33.5. The Kier molecular flexibility index (Phi) is 5.04. The summed E-state index contributed by atoms with van der Waals surface area (Å²) in [5, 5.41) is 3.08. The molecule has 1 aliphatic carbocycles. The van der Waals surface area contributed by atoms with Gasteiger partial charge in [-0.15, -0.1) is 0 Å². The molecular weight excluding hydrogens is 390 g/mol. The number of hydrogen-bond donors (Lipinski definition) is 1. The van der Waals surface area contributed by atoms with Gasteiger partial charge in [-0.1, -0.05) is 42.5 Å². The first-order chi connectivity index (χ1) is 15.2. The summed E-state index contributed by atoms with van der Waals surface area (Å²) in [5.41, 5.74) is 3.09. The van der Waals surface area contributed by atoms with E-state index in [1.54, 1.807) is 48.8 Å². The van der Waals surface area contributed by atoms with Crippen molar-refractivity contribution in [1.29, 1.82) is 0 Å². The average Bonchev–Trinajstić information content (AvgIpc) is 3.41. The summed E-state index contributed by atoms with van der Waals surface area (Å²) in [5.74, 6) is 0.599. The van der Waals surface area contributed by atoms with Crippen LogP contribution in [-0.2, 0) is 9.53 Å². The molecule has 1 amide bonds. The normalized spacial score (nSPS) is 21.7. The largest absolute Gasteiger partial charge is 0.475 e. The van der Waals surface area contributed by atoms with Crippen molar-refractivity contribution >= 4 is 17.6 Å². The summed E-state index contributed by atoms with van der Waals surface area (Å²) in [6.45, 7) is 0.222. The van der Waals surface area contributed by atoms with Crippen LogP contribution in [0.2, 0.25) is 0 Å². The van der Waals surface area contributed by atoms with Crippen LogP contribution >= 0.6 is 0 Å². The Morgan fingerprint density at radius 3 is 2.48 bits per heavy atom. The first-order valence-electron chi connectivity index (χ1n) is 10.3. The van der Waals surface area contributed by atoms with Crippen molar-refractivity contribution in [2.45, 2.75) is 24.4 Å². The smallest absolute Gasteiger partial charge is 0.248 e. The Labute approximate surface area is 180 Å². The molecule has 2 aliphatic rings. The van der Waals surface area contributed by atoms with Gasteiger partial charge in [0.25, 0.3) is 0 Å². The van der Waals surface area contributed by atoms with Gasteiger partial charge in [-0.25, -0.2) is 4.99 Å². The van der Waals surface area contributed by atoms with Crippen LogP contribution < -0.4 is 5.32 Å². The summed E-state index contributed by atoms with van der Waals surface area (Å²) >= 11 is 0. The number of rotatable bonds is 6. The second-order valence-electron chi connectivity index (χ2n) is 7.78. The van der Waals surface area contributed by atoms with Crippen LogP contribution in [0.5, 0.6) is 0 Å². The maximum atomic E-state index is 12.6. The third-order valence-corrected chi connectivity index (χ3v) is 5.62. The molecule has 5 rings (SSSR count). The van der Waals surface area contributed by atoms with E-state index in [9.17, 15) is 9.59 Å². The molecule has 2 heterocycles. The fourth-order valence-corrected chi connectivity index (χ4v) is 3.80. The maximum absolute atomic E-state index is 12.6. The van der Waals surface area contributed by atoms with Crippen molar-refractivity contribution in [3.05, 3.63) is 101 Å². The number of amides is 1. The molecule has 0 unspecified atom stereocenters. The Bertz CT molecular complexity index is 1130. The summed E-state index contributed by atoms with van der Waals surface area (Å²) in [6.07, 6.45) is 4.13. The molecule has 3 atom stereocenters. The third-order valence-electron chi connectivity index (χ3n) is 5.62. The fourth-order valence-electron chi connectivity index (χ4n) is 3.80. The molecule has 1 aromatic heterocycles. The van der Waals surface area contributed by atoms with Crippen LogP contribution in [0.15, 0.2) is 84.1 Å². The lowest BCUT2D eigenvalue weighted by atomic mass is 10.0. The number of aliphatic imine (C=N–C) groups is 1. The number of pyridine rings is 1. The van der Waals surface area contributed by atoms with Gasteiger partial charge in [0.1, 0.15) is 6.61 Å². The van der Waals surface area contributed by atoms with Gasteiger partial charge in [-0.2, -0.15) is 0 Å². The van der Waals surface area contributed by atoms with E-state index in [0.717, 1.165) is 12.0 Å². The topological polar surface area (TPSA) is 80.7 Å². The van der Waals surface area contributed by atoms with E-state index in [0.29, 0.717) is 22.9 Å². The van der Waals surface area contributed by atoms with Crippen LogP contribution in [0.3, 0.4) is 0 Å². The number of ether oxygens (including phenoxy) is 1. The van der Waals surface area contributed by atoms with Gasteiger partial charge in [0.15, 0.2) is 11.8 Å². The molecule has 1 fully saturated rings.